The van der Waals surface area contributed by atoms with Gasteiger partial charge in [-0.25, -0.2) is 0 Å². The van der Waals surface area contributed by atoms with E-state index in [0.717, 1.165) is 57.2 Å². The lowest BCUT2D eigenvalue weighted by molar-refractivity contribution is -0.119. The van der Waals surface area contributed by atoms with Crippen LogP contribution in [0.1, 0.15) is 60.3 Å². The second-order valence-corrected chi connectivity index (χ2v) is 9.61. The molecular weight excluding hydrogens is 396 g/mol. The SMILES string of the molecule is CN1CCc2cc(Cl)c(O)cc2[C@H]2c3ccc(NC(=O)C4CCCC4)cc3CC[C@@H]21. The molecule has 1 amide bonds. The van der Waals surface area contributed by atoms with Gasteiger partial charge in [0.05, 0.1) is 5.02 Å². The highest BCUT2D eigenvalue weighted by Crippen LogP contribution is 2.45. The third-order valence-electron chi connectivity index (χ3n) is 7.41. The summed E-state index contributed by atoms with van der Waals surface area (Å²) in [6, 6.07) is 10.6. The first-order chi connectivity index (χ1) is 14.5. The Hall–Kier alpha value is -2.04. The maximum Gasteiger partial charge on any atom is 0.227 e. The minimum atomic E-state index is 0.159. The minimum absolute atomic E-state index is 0.159. The number of hydrogen-bond acceptors (Lipinski definition) is 3. The first kappa shape index (κ1) is 19.9. The molecule has 2 atom stereocenters. The number of rotatable bonds is 2. The molecule has 30 heavy (non-hydrogen) atoms. The molecule has 0 unspecified atom stereocenters. The number of halogens is 1. The molecule has 0 aromatic heterocycles. The summed E-state index contributed by atoms with van der Waals surface area (Å²) in [5.74, 6) is 0.700. The quantitative estimate of drug-likeness (QED) is 0.704. The van der Waals surface area contributed by atoms with Crippen molar-refractivity contribution in [1.82, 2.24) is 4.90 Å². The maximum absolute atomic E-state index is 12.6. The molecule has 2 aromatic carbocycles. The minimum Gasteiger partial charge on any atom is -0.506 e. The Morgan fingerprint density at radius 1 is 1.07 bits per heavy atom. The molecule has 0 saturated heterocycles. The van der Waals surface area contributed by atoms with Crippen molar-refractivity contribution in [2.24, 2.45) is 5.92 Å². The number of hydrogen-bond donors (Lipinski definition) is 2. The number of aryl methyl sites for hydroxylation is 1. The molecule has 4 nitrogen and oxygen atoms in total. The van der Waals surface area contributed by atoms with E-state index in [2.05, 4.69) is 35.5 Å². The third-order valence-corrected chi connectivity index (χ3v) is 7.71. The Kier molecular flexibility index (Phi) is 5.24. The number of benzene rings is 2. The van der Waals surface area contributed by atoms with Gasteiger partial charge in [-0.1, -0.05) is 30.5 Å². The molecular formula is C25H29ClN2O2. The Morgan fingerprint density at radius 3 is 2.63 bits per heavy atom. The molecule has 2 N–H and O–H groups in total. The lowest BCUT2D eigenvalue weighted by atomic mass is 9.74. The van der Waals surface area contributed by atoms with Crippen molar-refractivity contribution in [2.45, 2.75) is 56.9 Å². The van der Waals surface area contributed by atoms with Crippen molar-refractivity contribution in [3.63, 3.8) is 0 Å². The van der Waals surface area contributed by atoms with Gasteiger partial charge in [-0.2, -0.15) is 0 Å². The van der Waals surface area contributed by atoms with Gasteiger partial charge in [0.2, 0.25) is 5.91 Å². The summed E-state index contributed by atoms with van der Waals surface area (Å²) in [6.07, 6.45) is 7.35. The number of fused-ring (bicyclic) bond motifs is 5. The van der Waals surface area contributed by atoms with E-state index in [9.17, 15) is 9.90 Å². The molecule has 1 aliphatic heterocycles. The van der Waals surface area contributed by atoms with Crippen LogP contribution in [0.2, 0.25) is 5.02 Å². The van der Waals surface area contributed by atoms with Crippen LogP contribution in [0.4, 0.5) is 5.69 Å². The van der Waals surface area contributed by atoms with E-state index >= 15 is 0 Å². The molecule has 3 aliphatic rings. The van der Waals surface area contributed by atoms with Gasteiger partial charge in [0.25, 0.3) is 0 Å². The highest BCUT2D eigenvalue weighted by atomic mass is 35.5. The van der Waals surface area contributed by atoms with Crippen molar-refractivity contribution in [2.75, 3.05) is 18.9 Å². The number of nitrogens with one attached hydrogen (secondary N) is 1. The van der Waals surface area contributed by atoms with Gasteiger partial charge in [-0.05, 0) is 85.7 Å². The van der Waals surface area contributed by atoms with E-state index in [-0.39, 0.29) is 23.5 Å². The van der Waals surface area contributed by atoms with Crippen LogP contribution in [0, 0.1) is 5.92 Å². The van der Waals surface area contributed by atoms with Crippen LogP contribution in [0.5, 0.6) is 5.75 Å². The van der Waals surface area contributed by atoms with E-state index in [1.54, 1.807) is 0 Å². The highest BCUT2D eigenvalue weighted by molar-refractivity contribution is 6.32. The third kappa shape index (κ3) is 3.50. The van der Waals surface area contributed by atoms with Crippen molar-refractivity contribution in [1.29, 1.82) is 0 Å². The zero-order valence-electron chi connectivity index (χ0n) is 17.5. The molecule has 0 spiro atoms. The van der Waals surface area contributed by atoms with Gasteiger partial charge in [0.1, 0.15) is 5.75 Å². The van der Waals surface area contributed by atoms with Crippen molar-refractivity contribution in [3.05, 3.63) is 57.6 Å². The Balaban J connectivity index is 1.50. The first-order valence-corrected chi connectivity index (χ1v) is 11.5. The van der Waals surface area contributed by atoms with Crippen molar-refractivity contribution < 1.29 is 9.90 Å². The van der Waals surface area contributed by atoms with Gasteiger partial charge < -0.3 is 15.3 Å². The lowest BCUT2D eigenvalue weighted by Crippen LogP contribution is -2.39. The summed E-state index contributed by atoms with van der Waals surface area (Å²) in [6.45, 7) is 0.986. The van der Waals surface area contributed by atoms with E-state index in [4.69, 9.17) is 11.6 Å². The molecule has 2 aliphatic carbocycles. The van der Waals surface area contributed by atoms with Crippen LogP contribution >= 0.6 is 11.6 Å². The van der Waals surface area contributed by atoms with Crippen LogP contribution in [0.3, 0.4) is 0 Å². The van der Waals surface area contributed by atoms with E-state index in [1.165, 1.54) is 22.3 Å². The molecule has 2 aromatic rings. The number of likely N-dealkylation sites (N-methyl/N-ethyl adjacent to an activating group) is 1. The number of amides is 1. The summed E-state index contributed by atoms with van der Waals surface area (Å²) >= 11 is 6.23. The Morgan fingerprint density at radius 2 is 1.83 bits per heavy atom. The number of carbonyl (C=O) groups is 1. The van der Waals surface area contributed by atoms with E-state index < -0.39 is 0 Å². The molecule has 1 heterocycles. The zero-order chi connectivity index (χ0) is 20.8. The lowest BCUT2D eigenvalue weighted by Gasteiger charge is -2.38. The molecule has 0 radical (unpaired) electrons. The van der Waals surface area contributed by atoms with E-state index in [1.807, 2.05) is 12.1 Å². The van der Waals surface area contributed by atoms with E-state index in [0.29, 0.717) is 11.1 Å². The number of phenolic OH excluding ortho intramolecular Hbond substituents is 1. The molecule has 5 rings (SSSR count). The summed E-state index contributed by atoms with van der Waals surface area (Å²) in [4.78, 5) is 15.0. The zero-order valence-corrected chi connectivity index (χ0v) is 18.2. The topological polar surface area (TPSA) is 52.6 Å². The second-order valence-electron chi connectivity index (χ2n) is 9.20. The van der Waals surface area contributed by atoms with Gasteiger partial charge >= 0.3 is 0 Å². The standard InChI is InChI=1S/C25H29ClN2O2/c1-28-11-10-17-13-21(26)23(29)14-20(17)24-19-8-7-18(12-16(19)6-9-22(24)28)27-25(30)15-4-2-3-5-15/h7-8,12-15,22,24,29H,2-6,9-11H2,1H3,(H,27,30)/t22-,24+/m0/s1. The largest absolute Gasteiger partial charge is 0.506 e. The first-order valence-electron chi connectivity index (χ1n) is 11.2. The number of aromatic hydroxyl groups is 1. The number of phenols is 1. The summed E-state index contributed by atoms with van der Waals surface area (Å²) in [5.41, 5.74) is 5.93. The van der Waals surface area contributed by atoms with Gasteiger partial charge in [-0.15, -0.1) is 0 Å². The number of anilines is 1. The normalized spacial score (nSPS) is 23.9. The fourth-order valence-corrected chi connectivity index (χ4v) is 5.94. The van der Waals surface area contributed by atoms with Gasteiger partial charge in [0.15, 0.2) is 0 Å². The average Bonchev–Trinajstić information content (AvgIpc) is 3.24. The smallest absolute Gasteiger partial charge is 0.227 e. The summed E-state index contributed by atoms with van der Waals surface area (Å²) in [5, 5.41) is 13.9. The predicted octanol–water partition coefficient (Wildman–Crippen LogP) is 5.11. The molecule has 1 saturated carbocycles. The van der Waals surface area contributed by atoms with Gasteiger partial charge in [0, 0.05) is 30.1 Å². The second kappa shape index (κ2) is 7.90. The predicted molar refractivity (Wildman–Crippen MR) is 120 cm³/mol. The summed E-state index contributed by atoms with van der Waals surface area (Å²) in [7, 11) is 2.20. The monoisotopic (exact) mass is 424 g/mol. The molecule has 158 valence electrons. The van der Waals surface area contributed by atoms with Crippen LogP contribution in [-0.4, -0.2) is 35.5 Å². The van der Waals surface area contributed by atoms with Gasteiger partial charge in [-0.3, -0.25) is 4.79 Å². The fourth-order valence-electron chi connectivity index (χ4n) is 5.75. The van der Waals surface area contributed by atoms with Crippen LogP contribution < -0.4 is 5.32 Å². The molecule has 1 fully saturated rings. The average molecular weight is 425 g/mol. The molecule has 5 heteroatoms. The maximum atomic E-state index is 12.6. The summed E-state index contributed by atoms with van der Waals surface area (Å²) < 4.78 is 0. The number of nitrogens with zero attached hydrogens (tertiary/aromatic N) is 1. The Bertz CT molecular complexity index is 983. The Labute approximate surface area is 183 Å². The van der Waals surface area contributed by atoms with Crippen LogP contribution in [0.15, 0.2) is 30.3 Å². The highest BCUT2D eigenvalue weighted by Gasteiger charge is 2.37. The van der Waals surface area contributed by atoms with Crippen LogP contribution in [0.25, 0.3) is 0 Å². The fraction of sp³-hybridized carbons (Fsp3) is 0.480. The molecule has 0 bridgehead atoms. The van der Waals surface area contributed by atoms with Crippen molar-refractivity contribution in [3.8, 4) is 5.75 Å². The van der Waals surface area contributed by atoms with Crippen molar-refractivity contribution >= 4 is 23.2 Å². The number of carbonyl (C=O) groups excluding carboxylic acids is 1. The van der Waals surface area contributed by atoms with Crippen LogP contribution in [-0.2, 0) is 17.6 Å².